The van der Waals surface area contributed by atoms with Gasteiger partial charge in [0.2, 0.25) is 0 Å². The molecule has 1 aromatic rings. The fourth-order valence-corrected chi connectivity index (χ4v) is 2.67. The third-order valence-corrected chi connectivity index (χ3v) is 4.67. The van der Waals surface area contributed by atoms with Crippen LogP contribution in [0, 0.1) is 0 Å². The average Bonchev–Trinajstić information content (AvgIpc) is 2.49. The van der Waals surface area contributed by atoms with Crippen LogP contribution in [0.3, 0.4) is 0 Å². The molecule has 1 rings (SSSR count). The fourth-order valence-electron chi connectivity index (χ4n) is 2.67. The van der Waals surface area contributed by atoms with Crippen molar-refractivity contribution < 1.29 is 4.74 Å². The number of ether oxygens (including phenoxy) is 1. The zero-order valence-corrected chi connectivity index (χ0v) is 14.7. The molecule has 0 aromatic heterocycles. The molecule has 2 heteroatoms. The van der Waals surface area contributed by atoms with Crippen LogP contribution in [0.15, 0.2) is 30.3 Å². The highest BCUT2D eigenvalue weighted by Gasteiger charge is 2.32. The molecule has 0 heterocycles. The lowest BCUT2D eigenvalue weighted by atomic mass is 9.72. The Morgan fingerprint density at radius 3 is 2.19 bits per heavy atom. The van der Waals surface area contributed by atoms with E-state index in [2.05, 4.69) is 70.3 Å². The van der Waals surface area contributed by atoms with Crippen LogP contribution in [0.5, 0.6) is 0 Å². The Labute approximate surface area is 131 Å². The lowest BCUT2D eigenvalue weighted by Gasteiger charge is -2.37. The lowest BCUT2D eigenvalue weighted by molar-refractivity contribution is 0.00814. The Bertz CT molecular complexity index is 399. The number of benzene rings is 1. The van der Waals surface area contributed by atoms with Crippen molar-refractivity contribution in [3.05, 3.63) is 35.9 Å². The van der Waals surface area contributed by atoms with Crippen LogP contribution in [0.1, 0.15) is 59.4 Å². The molecule has 120 valence electrons. The molecule has 0 bridgehead atoms. The SMILES string of the molecule is CCC(CCC(C)(C)OC)(CNC(C)C)c1ccccc1. The first kappa shape index (κ1) is 18.2. The smallest absolute Gasteiger partial charge is 0.0623 e. The van der Waals surface area contributed by atoms with Crippen molar-refractivity contribution in [2.24, 2.45) is 0 Å². The highest BCUT2D eigenvalue weighted by molar-refractivity contribution is 5.26. The summed E-state index contributed by atoms with van der Waals surface area (Å²) in [5.41, 5.74) is 1.56. The van der Waals surface area contributed by atoms with Crippen LogP contribution in [-0.2, 0) is 10.2 Å². The van der Waals surface area contributed by atoms with E-state index in [1.54, 1.807) is 0 Å². The maximum Gasteiger partial charge on any atom is 0.0623 e. The normalized spacial score (nSPS) is 15.2. The van der Waals surface area contributed by atoms with Gasteiger partial charge in [-0.25, -0.2) is 0 Å². The minimum Gasteiger partial charge on any atom is -0.379 e. The number of rotatable bonds is 9. The van der Waals surface area contributed by atoms with Crippen LogP contribution in [0.2, 0.25) is 0 Å². The molecule has 0 aliphatic carbocycles. The van der Waals surface area contributed by atoms with Crippen molar-refractivity contribution in [1.29, 1.82) is 0 Å². The summed E-state index contributed by atoms with van der Waals surface area (Å²) in [4.78, 5) is 0. The monoisotopic (exact) mass is 291 g/mol. The largest absolute Gasteiger partial charge is 0.379 e. The van der Waals surface area contributed by atoms with Gasteiger partial charge in [-0.3, -0.25) is 0 Å². The second-order valence-electron chi connectivity index (χ2n) is 7.00. The molecule has 2 nitrogen and oxygen atoms in total. The van der Waals surface area contributed by atoms with Gasteiger partial charge in [0.25, 0.3) is 0 Å². The highest BCUT2D eigenvalue weighted by atomic mass is 16.5. The minimum absolute atomic E-state index is 0.0625. The van der Waals surface area contributed by atoms with E-state index in [-0.39, 0.29) is 11.0 Å². The maximum absolute atomic E-state index is 5.62. The highest BCUT2D eigenvalue weighted by Crippen LogP contribution is 2.35. The third-order valence-electron chi connectivity index (χ3n) is 4.67. The Balaban J connectivity index is 2.97. The van der Waals surface area contributed by atoms with Gasteiger partial charge in [-0.05, 0) is 38.7 Å². The molecular weight excluding hydrogens is 258 g/mol. The van der Waals surface area contributed by atoms with Crippen molar-refractivity contribution in [1.82, 2.24) is 5.32 Å². The second-order valence-corrected chi connectivity index (χ2v) is 7.00. The summed E-state index contributed by atoms with van der Waals surface area (Å²) in [7, 11) is 1.81. The van der Waals surface area contributed by atoms with Crippen molar-refractivity contribution in [3.8, 4) is 0 Å². The molecule has 1 atom stereocenters. The first-order valence-corrected chi connectivity index (χ1v) is 8.19. The number of hydrogen-bond acceptors (Lipinski definition) is 2. The third kappa shape index (κ3) is 5.44. The maximum atomic E-state index is 5.62. The quantitative estimate of drug-likeness (QED) is 0.721. The zero-order valence-electron chi connectivity index (χ0n) is 14.7. The molecule has 0 fully saturated rings. The van der Waals surface area contributed by atoms with Gasteiger partial charge in [-0.2, -0.15) is 0 Å². The molecule has 0 amide bonds. The number of hydrogen-bond donors (Lipinski definition) is 1. The second kappa shape index (κ2) is 7.95. The topological polar surface area (TPSA) is 21.3 Å². The molecule has 0 saturated heterocycles. The van der Waals surface area contributed by atoms with Crippen molar-refractivity contribution in [2.75, 3.05) is 13.7 Å². The van der Waals surface area contributed by atoms with Crippen LogP contribution in [0.25, 0.3) is 0 Å². The summed E-state index contributed by atoms with van der Waals surface area (Å²) in [6.07, 6.45) is 3.33. The molecule has 21 heavy (non-hydrogen) atoms. The van der Waals surface area contributed by atoms with Crippen LogP contribution in [-0.4, -0.2) is 25.3 Å². The van der Waals surface area contributed by atoms with E-state index in [9.17, 15) is 0 Å². The Kier molecular flexibility index (Phi) is 6.89. The minimum atomic E-state index is -0.0625. The standard InChI is InChI=1S/C19H33NO/c1-7-19(15-20-16(2)3,14-13-18(4,5)21-6)17-11-9-8-10-12-17/h8-12,16,20H,7,13-15H2,1-6H3. The van der Waals surface area contributed by atoms with E-state index in [1.165, 1.54) is 5.56 Å². The number of methoxy groups -OCH3 is 1. The molecular formula is C19H33NO. The van der Waals surface area contributed by atoms with Gasteiger partial charge < -0.3 is 10.1 Å². The lowest BCUT2D eigenvalue weighted by Crippen LogP contribution is -2.42. The first-order valence-electron chi connectivity index (χ1n) is 8.19. The summed E-state index contributed by atoms with van der Waals surface area (Å²) >= 11 is 0. The molecule has 0 aliphatic rings. The Morgan fingerprint density at radius 2 is 1.71 bits per heavy atom. The molecule has 0 aliphatic heterocycles. The van der Waals surface area contributed by atoms with Crippen molar-refractivity contribution in [3.63, 3.8) is 0 Å². The van der Waals surface area contributed by atoms with Gasteiger partial charge in [0, 0.05) is 25.1 Å². The average molecular weight is 291 g/mol. The first-order chi connectivity index (χ1) is 9.85. The van der Waals surface area contributed by atoms with Crippen LogP contribution < -0.4 is 5.32 Å². The summed E-state index contributed by atoms with van der Waals surface area (Å²) < 4.78 is 5.62. The van der Waals surface area contributed by atoms with E-state index in [4.69, 9.17) is 4.74 Å². The molecule has 1 unspecified atom stereocenters. The van der Waals surface area contributed by atoms with E-state index < -0.39 is 0 Å². The summed E-state index contributed by atoms with van der Waals surface area (Å²) in [6.45, 7) is 12.1. The molecule has 1 aromatic carbocycles. The summed E-state index contributed by atoms with van der Waals surface area (Å²) in [5, 5.41) is 3.65. The van der Waals surface area contributed by atoms with E-state index in [1.807, 2.05) is 7.11 Å². The van der Waals surface area contributed by atoms with Crippen LogP contribution >= 0.6 is 0 Å². The van der Waals surface area contributed by atoms with Gasteiger partial charge in [0.15, 0.2) is 0 Å². The van der Waals surface area contributed by atoms with Gasteiger partial charge in [-0.15, -0.1) is 0 Å². The predicted octanol–water partition coefficient (Wildman–Crippen LogP) is 4.54. The number of nitrogens with one attached hydrogen (secondary N) is 1. The molecule has 0 spiro atoms. The molecule has 0 saturated carbocycles. The van der Waals surface area contributed by atoms with E-state index in [0.29, 0.717) is 6.04 Å². The molecule has 0 radical (unpaired) electrons. The molecule has 1 N–H and O–H groups in total. The van der Waals surface area contributed by atoms with E-state index >= 15 is 0 Å². The van der Waals surface area contributed by atoms with Gasteiger partial charge in [-0.1, -0.05) is 51.1 Å². The fraction of sp³-hybridized carbons (Fsp3) is 0.684. The summed E-state index contributed by atoms with van der Waals surface area (Å²) in [6, 6.07) is 11.4. The Hall–Kier alpha value is -0.860. The Morgan fingerprint density at radius 1 is 1.10 bits per heavy atom. The van der Waals surface area contributed by atoms with Crippen molar-refractivity contribution >= 4 is 0 Å². The van der Waals surface area contributed by atoms with Gasteiger partial charge in [0.1, 0.15) is 0 Å². The van der Waals surface area contributed by atoms with Crippen LogP contribution in [0.4, 0.5) is 0 Å². The van der Waals surface area contributed by atoms with Gasteiger partial charge in [0.05, 0.1) is 5.60 Å². The zero-order chi connectivity index (χ0) is 15.9. The van der Waals surface area contributed by atoms with Crippen molar-refractivity contribution in [2.45, 2.75) is 70.9 Å². The summed E-state index contributed by atoms with van der Waals surface area (Å²) in [5.74, 6) is 0. The predicted molar refractivity (Wildman–Crippen MR) is 91.9 cm³/mol. The van der Waals surface area contributed by atoms with E-state index in [0.717, 1.165) is 25.8 Å². The van der Waals surface area contributed by atoms with Gasteiger partial charge >= 0.3 is 0 Å².